The zero-order chi connectivity index (χ0) is 11.3. The molecule has 0 radical (unpaired) electrons. The lowest BCUT2D eigenvalue weighted by Crippen LogP contribution is -2.40. The number of hydrazine groups is 1. The summed E-state index contributed by atoms with van der Waals surface area (Å²) >= 11 is 11.9. The molecule has 1 rings (SSSR count). The number of rotatable bonds is 3. The predicted octanol–water partition coefficient (Wildman–Crippen LogP) is 2.71. The Bertz CT molecular complexity index is 326. The van der Waals surface area contributed by atoms with Crippen LogP contribution in [0.15, 0.2) is 17.5 Å². The fraction of sp³-hybridized carbons (Fsp3) is 0.250. The van der Waals surface area contributed by atoms with Gasteiger partial charge in [-0.25, -0.2) is 4.79 Å². The van der Waals surface area contributed by atoms with Gasteiger partial charge in [-0.3, -0.25) is 5.43 Å². The first kappa shape index (κ1) is 12.2. The average Bonchev–Trinajstić information content (AvgIpc) is 2.76. The van der Waals surface area contributed by atoms with Crippen LogP contribution in [0, 0.1) is 0 Å². The Balaban J connectivity index is 2.73. The number of hydrogen-bond acceptors (Lipinski definition) is 5. The highest BCUT2D eigenvalue weighted by molar-refractivity contribution is 7.80. The molecule has 15 heavy (non-hydrogen) atoms. The second-order valence-corrected chi connectivity index (χ2v) is 4.11. The number of methoxy groups -OCH3 is 1. The van der Waals surface area contributed by atoms with Crippen LogP contribution in [0.5, 0.6) is 0 Å². The summed E-state index contributed by atoms with van der Waals surface area (Å²) < 4.78 is 4.57. The summed E-state index contributed by atoms with van der Waals surface area (Å²) in [6, 6.07) is 3.67. The second-order valence-electron chi connectivity index (χ2n) is 2.42. The lowest BCUT2D eigenvalue weighted by atomic mass is 10.6. The van der Waals surface area contributed by atoms with Gasteiger partial charge in [-0.05, 0) is 17.5 Å². The van der Waals surface area contributed by atoms with Crippen LogP contribution < -0.4 is 5.43 Å². The van der Waals surface area contributed by atoms with Gasteiger partial charge in [0.25, 0.3) is 0 Å². The van der Waals surface area contributed by atoms with Gasteiger partial charge in [0.2, 0.25) is 0 Å². The average molecular weight is 265 g/mol. The summed E-state index contributed by atoms with van der Waals surface area (Å²) in [5, 5.41) is 3.77. The molecule has 0 fully saturated rings. The molecule has 0 spiro atoms. The highest BCUT2D eigenvalue weighted by Crippen LogP contribution is 2.16. The van der Waals surface area contributed by atoms with Crippen molar-refractivity contribution in [3.8, 4) is 0 Å². The molecule has 0 saturated heterocycles. The molecule has 4 nitrogen and oxygen atoms in total. The standard InChI is InChI=1S/C8H9ClN2O2S2/c1-13-8(12)11(7(14)5-9)10-6-3-2-4-15-6/h2-4,10H,5H2,1H3. The molecule has 0 aliphatic heterocycles. The molecule has 1 aromatic rings. The smallest absolute Gasteiger partial charge is 0.433 e. The minimum absolute atomic E-state index is 0.0722. The Morgan fingerprint density at radius 1 is 1.80 bits per heavy atom. The van der Waals surface area contributed by atoms with Crippen LogP contribution in [0.3, 0.4) is 0 Å². The summed E-state index contributed by atoms with van der Waals surface area (Å²) in [6.45, 7) is 0. The van der Waals surface area contributed by atoms with Crippen molar-refractivity contribution in [2.75, 3.05) is 18.4 Å². The number of carbonyl (C=O) groups excluding carboxylic acids is 1. The fourth-order valence-electron chi connectivity index (χ4n) is 0.813. The van der Waals surface area contributed by atoms with E-state index in [1.54, 1.807) is 0 Å². The maximum absolute atomic E-state index is 11.3. The topological polar surface area (TPSA) is 41.6 Å². The van der Waals surface area contributed by atoms with Crippen LogP contribution in [0.25, 0.3) is 0 Å². The summed E-state index contributed by atoms with van der Waals surface area (Å²) in [6.07, 6.45) is -0.589. The minimum Gasteiger partial charge on any atom is -0.451 e. The highest BCUT2D eigenvalue weighted by atomic mass is 35.5. The van der Waals surface area contributed by atoms with Crippen molar-refractivity contribution in [1.29, 1.82) is 0 Å². The number of hydrogen-bond donors (Lipinski definition) is 1. The Labute approximate surface area is 102 Å². The van der Waals surface area contributed by atoms with E-state index in [1.165, 1.54) is 18.4 Å². The van der Waals surface area contributed by atoms with Crippen LogP contribution in [-0.4, -0.2) is 29.1 Å². The van der Waals surface area contributed by atoms with Crippen molar-refractivity contribution >= 4 is 51.2 Å². The molecule has 0 aliphatic carbocycles. The van der Waals surface area contributed by atoms with Crippen LogP contribution in [0.2, 0.25) is 0 Å². The first-order valence-corrected chi connectivity index (χ1v) is 5.78. The van der Waals surface area contributed by atoms with Gasteiger partial charge in [0.05, 0.1) is 13.0 Å². The van der Waals surface area contributed by atoms with Gasteiger partial charge in [0.1, 0.15) is 9.99 Å². The number of anilines is 1. The molecule has 0 aromatic carbocycles. The van der Waals surface area contributed by atoms with E-state index in [2.05, 4.69) is 10.2 Å². The molecule has 1 N–H and O–H groups in total. The van der Waals surface area contributed by atoms with Crippen LogP contribution >= 0.6 is 35.2 Å². The van der Waals surface area contributed by atoms with Crippen LogP contribution in [-0.2, 0) is 4.74 Å². The Hall–Kier alpha value is -0.850. The molecule has 0 atom stereocenters. The van der Waals surface area contributed by atoms with Crippen molar-refractivity contribution in [3.05, 3.63) is 17.5 Å². The minimum atomic E-state index is -0.589. The summed E-state index contributed by atoms with van der Waals surface area (Å²) in [5.41, 5.74) is 2.81. The van der Waals surface area contributed by atoms with Gasteiger partial charge < -0.3 is 4.74 Å². The summed E-state index contributed by atoms with van der Waals surface area (Å²) in [7, 11) is 1.28. The van der Waals surface area contributed by atoms with Gasteiger partial charge in [-0.2, -0.15) is 5.01 Å². The number of halogens is 1. The molecular weight excluding hydrogens is 256 g/mol. The number of amides is 1. The second kappa shape index (κ2) is 5.89. The molecule has 1 heterocycles. The van der Waals surface area contributed by atoms with Crippen LogP contribution in [0.4, 0.5) is 9.80 Å². The molecule has 0 saturated carbocycles. The van der Waals surface area contributed by atoms with Gasteiger partial charge in [-0.1, -0.05) is 12.2 Å². The van der Waals surface area contributed by atoms with E-state index in [0.29, 0.717) is 0 Å². The third-order valence-corrected chi connectivity index (χ3v) is 2.98. The first-order valence-electron chi connectivity index (χ1n) is 3.96. The van der Waals surface area contributed by atoms with E-state index in [4.69, 9.17) is 23.8 Å². The normalized spacial score (nSPS) is 9.47. The number of nitrogens with one attached hydrogen (secondary N) is 1. The van der Waals surface area contributed by atoms with E-state index < -0.39 is 6.09 Å². The number of ether oxygens (including phenoxy) is 1. The van der Waals surface area contributed by atoms with Crippen LogP contribution in [0.1, 0.15) is 0 Å². The summed E-state index contributed by atoms with van der Waals surface area (Å²) in [5.74, 6) is 0.0722. The molecule has 0 bridgehead atoms. The van der Waals surface area contributed by atoms with Crippen molar-refractivity contribution in [1.82, 2.24) is 5.01 Å². The highest BCUT2D eigenvalue weighted by Gasteiger charge is 2.18. The zero-order valence-corrected chi connectivity index (χ0v) is 10.3. The molecular formula is C8H9ClN2O2S2. The number of thiophene rings is 1. The molecule has 1 aromatic heterocycles. The maximum Gasteiger partial charge on any atom is 0.433 e. The van der Waals surface area contributed by atoms with Crippen molar-refractivity contribution in [3.63, 3.8) is 0 Å². The quantitative estimate of drug-likeness (QED) is 0.518. The van der Waals surface area contributed by atoms with Gasteiger partial charge in [-0.15, -0.1) is 22.9 Å². The number of thiocarbonyl (C=S) groups is 1. The zero-order valence-electron chi connectivity index (χ0n) is 7.90. The fourth-order valence-corrected chi connectivity index (χ4v) is 1.66. The van der Waals surface area contributed by atoms with E-state index >= 15 is 0 Å². The van der Waals surface area contributed by atoms with E-state index in [1.807, 2.05) is 17.5 Å². The molecule has 0 unspecified atom stereocenters. The van der Waals surface area contributed by atoms with Gasteiger partial charge in [0.15, 0.2) is 0 Å². The van der Waals surface area contributed by atoms with Gasteiger partial charge >= 0.3 is 6.09 Å². The summed E-state index contributed by atoms with van der Waals surface area (Å²) in [4.78, 5) is 11.6. The maximum atomic E-state index is 11.3. The van der Waals surface area contributed by atoms with E-state index in [0.717, 1.165) is 10.0 Å². The third-order valence-electron chi connectivity index (χ3n) is 1.46. The molecule has 1 amide bonds. The van der Waals surface area contributed by atoms with E-state index in [9.17, 15) is 4.79 Å². The number of carbonyl (C=O) groups is 1. The third kappa shape index (κ3) is 3.33. The Morgan fingerprint density at radius 3 is 3.00 bits per heavy atom. The molecule has 0 aliphatic rings. The molecule has 82 valence electrons. The van der Waals surface area contributed by atoms with E-state index in [-0.39, 0.29) is 10.9 Å². The number of nitrogens with zero attached hydrogens (tertiary/aromatic N) is 1. The lowest BCUT2D eigenvalue weighted by Gasteiger charge is -2.20. The Kier molecular flexibility index (Phi) is 4.80. The van der Waals surface area contributed by atoms with Gasteiger partial charge in [0, 0.05) is 0 Å². The van der Waals surface area contributed by atoms with Crippen molar-refractivity contribution in [2.45, 2.75) is 0 Å². The first-order chi connectivity index (χ1) is 7.19. The lowest BCUT2D eigenvalue weighted by molar-refractivity contribution is 0.152. The monoisotopic (exact) mass is 264 g/mol. The van der Waals surface area contributed by atoms with Crippen molar-refractivity contribution < 1.29 is 9.53 Å². The largest absolute Gasteiger partial charge is 0.451 e. The van der Waals surface area contributed by atoms with Crippen molar-refractivity contribution in [2.24, 2.45) is 0 Å². The predicted molar refractivity (Wildman–Crippen MR) is 65.5 cm³/mol. The molecule has 7 heteroatoms. The number of alkyl halides is 1. The Morgan fingerprint density at radius 2 is 2.53 bits per heavy atom. The SMILES string of the molecule is COC(=O)N(Nc1cccs1)C(=S)CCl.